The lowest BCUT2D eigenvalue weighted by Gasteiger charge is -2.18. The predicted octanol–water partition coefficient (Wildman–Crippen LogP) is 7.07. The number of halogens is 1. The number of imide groups is 1. The van der Waals surface area contributed by atoms with Gasteiger partial charge in [-0.25, -0.2) is 9.69 Å². The van der Waals surface area contributed by atoms with Crippen molar-refractivity contribution in [2.75, 3.05) is 4.90 Å². The van der Waals surface area contributed by atoms with Gasteiger partial charge in [-0.1, -0.05) is 90.5 Å². The summed E-state index contributed by atoms with van der Waals surface area (Å²) in [7, 11) is 0. The van der Waals surface area contributed by atoms with Gasteiger partial charge in [0.1, 0.15) is 0 Å². The van der Waals surface area contributed by atoms with E-state index in [0.717, 1.165) is 15.7 Å². The van der Waals surface area contributed by atoms with E-state index in [1.165, 1.54) is 18.2 Å². The molecule has 5 aromatic rings. The van der Waals surface area contributed by atoms with Crippen molar-refractivity contribution in [1.29, 1.82) is 0 Å². The van der Waals surface area contributed by atoms with Crippen LogP contribution < -0.4 is 4.90 Å². The normalized spacial score (nSPS) is 13.3. The van der Waals surface area contributed by atoms with E-state index >= 15 is 0 Å². The summed E-state index contributed by atoms with van der Waals surface area (Å²) < 4.78 is 5.73. The summed E-state index contributed by atoms with van der Waals surface area (Å²) in [5.41, 5.74) is 1.59. The molecule has 7 heteroatoms. The van der Waals surface area contributed by atoms with Crippen molar-refractivity contribution in [3.05, 3.63) is 148 Å². The smallest absolute Gasteiger partial charge is 0.339 e. The fourth-order valence-electron chi connectivity index (χ4n) is 4.83. The number of ketones is 1. The molecule has 0 radical (unpaired) electrons. The highest BCUT2D eigenvalue weighted by atomic mass is 35.5. The number of ether oxygens (including phenoxy) is 1. The van der Waals surface area contributed by atoms with Gasteiger partial charge in [0, 0.05) is 21.5 Å². The third-order valence-electron chi connectivity index (χ3n) is 6.82. The van der Waals surface area contributed by atoms with Crippen molar-refractivity contribution < 1.29 is 23.9 Å². The molecular formula is C33H20ClNO5. The maximum absolute atomic E-state index is 13.5. The Kier molecular flexibility index (Phi) is 6.46. The second-order valence-corrected chi connectivity index (χ2v) is 9.71. The topological polar surface area (TPSA) is 80.8 Å². The van der Waals surface area contributed by atoms with Crippen LogP contribution in [0.5, 0.6) is 0 Å². The van der Waals surface area contributed by atoms with Crippen LogP contribution in [0.4, 0.5) is 5.69 Å². The van der Waals surface area contributed by atoms with Crippen molar-refractivity contribution >= 4 is 51.6 Å². The number of hydrogen-bond donors (Lipinski definition) is 0. The van der Waals surface area contributed by atoms with Crippen LogP contribution >= 0.6 is 11.6 Å². The van der Waals surface area contributed by atoms with Crippen molar-refractivity contribution in [1.82, 2.24) is 0 Å². The number of rotatable bonds is 6. The molecule has 0 bridgehead atoms. The molecule has 0 aromatic heterocycles. The summed E-state index contributed by atoms with van der Waals surface area (Å²) in [5.74, 6) is -2.24. The molecule has 1 aliphatic heterocycles. The molecule has 6 nitrogen and oxygen atoms in total. The molecule has 1 heterocycles. The Balaban J connectivity index is 1.32. The van der Waals surface area contributed by atoms with E-state index in [1.807, 2.05) is 30.3 Å². The van der Waals surface area contributed by atoms with Crippen LogP contribution in [0.1, 0.15) is 53.1 Å². The highest BCUT2D eigenvalue weighted by molar-refractivity contribution is 6.36. The van der Waals surface area contributed by atoms with Crippen LogP contribution in [-0.4, -0.2) is 23.6 Å². The van der Waals surface area contributed by atoms with Crippen molar-refractivity contribution in [3.8, 4) is 0 Å². The Hall–Kier alpha value is -5.07. The Morgan fingerprint density at radius 3 is 2.12 bits per heavy atom. The monoisotopic (exact) mass is 545 g/mol. The lowest BCUT2D eigenvalue weighted by molar-refractivity contribution is 0.0280. The summed E-state index contributed by atoms with van der Waals surface area (Å²) in [6.07, 6.45) is -1.25. The van der Waals surface area contributed by atoms with E-state index in [1.54, 1.807) is 66.7 Å². The Morgan fingerprint density at radius 1 is 0.675 bits per heavy atom. The van der Waals surface area contributed by atoms with Crippen LogP contribution in [0.3, 0.4) is 0 Å². The molecule has 0 saturated carbocycles. The maximum Gasteiger partial charge on any atom is 0.339 e. The van der Waals surface area contributed by atoms with Gasteiger partial charge in [-0.2, -0.15) is 0 Å². The van der Waals surface area contributed by atoms with Crippen molar-refractivity contribution in [3.63, 3.8) is 0 Å². The lowest BCUT2D eigenvalue weighted by atomic mass is 9.99. The molecule has 5 aromatic carbocycles. The molecule has 1 atom stereocenters. The summed E-state index contributed by atoms with van der Waals surface area (Å²) in [6.45, 7) is 0. The van der Waals surface area contributed by atoms with Gasteiger partial charge < -0.3 is 4.74 Å². The molecule has 1 aliphatic rings. The number of Topliss-reactive ketones (excluding diaryl/α,β-unsaturated/α-hetero) is 1. The molecule has 6 rings (SSSR count). The zero-order valence-corrected chi connectivity index (χ0v) is 21.7. The number of anilines is 1. The average Bonchev–Trinajstić information content (AvgIpc) is 3.24. The maximum atomic E-state index is 13.5. The number of fused-ring (bicyclic) bond motifs is 2. The molecule has 194 valence electrons. The van der Waals surface area contributed by atoms with Crippen LogP contribution in [0, 0.1) is 0 Å². The van der Waals surface area contributed by atoms with Gasteiger partial charge in [0.25, 0.3) is 11.8 Å². The fourth-order valence-corrected chi connectivity index (χ4v) is 4.96. The SMILES string of the molecule is O=C(O[C@@H](C(=O)c1ccccc1)c1ccc(Cl)cc1)c1ccc2c(c1)C(=O)N(c1cccc3ccccc13)C2=O. The zero-order chi connectivity index (χ0) is 27.8. The number of carbonyl (C=O) groups is 4. The minimum Gasteiger partial charge on any atom is -0.445 e. The Morgan fingerprint density at radius 2 is 1.35 bits per heavy atom. The molecule has 0 unspecified atom stereocenters. The average molecular weight is 546 g/mol. The fraction of sp³-hybridized carbons (Fsp3) is 0.0303. The van der Waals surface area contributed by atoms with Gasteiger partial charge in [0.15, 0.2) is 6.10 Å². The Bertz CT molecular complexity index is 1810. The third-order valence-corrected chi connectivity index (χ3v) is 7.08. The van der Waals surface area contributed by atoms with Crippen molar-refractivity contribution in [2.24, 2.45) is 0 Å². The first-order chi connectivity index (χ1) is 19.4. The molecule has 0 fully saturated rings. The summed E-state index contributed by atoms with van der Waals surface area (Å²) in [5, 5.41) is 2.11. The van der Waals surface area contributed by atoms with Gasteiger partial charge >= 0.3 is 5.97 Å². The second kappa shape index (κ2) is 10.2. The minimum absolute atomic E-state index is 0.0412. The third kappa shape index (κ3) is 4.44. The van der Waals surface area contributed by atoms with E-state index in [4.69, 9.17) is 16.3 Å². The molecule has 2 amide bonds. The molecule has 0 spiro atoms. The molecule has 0 aliphatic carbocycles. The molecule has 0 saturated heterocycles. The number of amides is 2. The van der Waals surface area contributed by atoms with E-state index in [0.29, 0.717) is 21.8 Å². The van der Waals surface area contributed by atoms with Crippen LogP contribution in [0.25, 0.3) is 10.8 Å². The van der Waals surface area contributed by atoms with E-state index in [-0.39, 0.29) is 16.7 Å². The highest BCUT2D eigenvalue weighted by Crippen LogP contribution is 2.34. The zero-order valence-electron chi connectivity index (χ0n) is 20.9. The first-order valence-corrected chi connectivity index (χ1v) is 12.9. The number of carbonyl (C=O) groups excluding carboxylic acids is 4. The van der Waals surface area contributed by atoms with Crippen LogP contribution in [-0.2, 0) is 4.74 Å². The number of benzene rings is 5. The second-order valence-electron chi connectivity index (χ2n) is 9.27. The van der Waals surface area contributed by atoms with Gasteiger partial charge in [-0.05, 0) is 41.8 Å². The minimum atomic E-state index is -1.25. The highest BCUT2D eigenvalue weighted by Gasteiger charge is 2.38. The number of hydrogen-bond acceptors (Lipinski definition) is 5. The van der Waals surface area contributed by atoms with Crippen LogP contribution in [0.2, 0.25) is 5.02 Å². The van der Waals surface area contributed by atoms with Crippen LogP contribution in [0.15, 0.2) is 115 Å². The first-order valence-electron chi connectivity index (χ1n) is 12.5. The largest absolute Gasteiger partial charge is 0.445 e. The van der Waals surface area contributed by atoms with E-state index in [9.17, 15) is 19.2 Å². The summed E-state index contributed by atoms with van der Waals surface area (Å²) in [4.78, 5) is 54.6. The lowest BCUT2D eigenvalue weighted by Crippen LogP contribution is -2.29. The quantitative estimate of drug-likeness (QED) is 0.129. The number of esters is 1. The van der Waals surface area contributed by atoms with Gasteiger partial charge in [0.2, 0.25) is 5.78 Å². The first kappa shape index (κ1) is 25.2. The van der Waals surface area contributed by atoms with Gasteiger partial charge in [-0.15, -0.1) is 0 Å². The van der Waals surface area contributed by atoms with Gasteiger partial charge in [0.05, 0.1) is 22.4 Å². The standard InChI is InChI=1S/C33H20ClNO5/c34-24-16-13-22(14-17-24)30(29(36)21-8-2-1-3-9-21)40-33(39)23-15-18-26-27(19-23)32(38)35(31(26)37)28-12-6-10-20-7-4-5-11-25(20)28/h1-19,30H/t30-/m1/s1. The Labute approximate surface area is 234 Å². The predicted molar refractivity (Wildman–Crippen MR) is 152 cm³/mol. The molecular weight excluding hydrogens is 526 g/mol. The van der Waals surface area contributed by atoms with E-state index in [2.05, 4.69) is 0 Å². The summed E-state index contributed by atoms with van der Waals surface area (Å²) >= 11 is 6.03. The number of nitrogens with zero attached hydrogens (tertiary/aromatic N) is 1. The van der Waals surface area contributed by atoms with E-state index < -0.39 is 29.7 Å². The molecule has 0 N–H and O–H groups in total. The molecule has 40 heavy (non-hydrogen) atoms. The summed E-state index contributed by atoms with van der Waals surface area (Å²) in [6, 6.07) is 32.0. The van der Waals surface area contributed by atoms with Crippen molar-refractivity contribution in [2.45, 2.75) is 6.10 Å². The van der Waals surface area contributed by atoms with Gasteiger partial charge in [-0.3, -0.25) is 14.4 Å².